The van der Waals surface area contributed by atoms with E-state index in [1.165, 1.54) is 23.1 Å². The molecule has 1 fully saturated rings. The summed E-state index contributed by atoms with van der Waals surface area (Å²) in [4.78, 5) is 13.7. The molecule has 1 unspecified atom stereocenters. The van der Waals surface area contributed by atoms with Gasteiger partial charge in [-0.3, -0.25) is 4.79 Å². The Kier molecular flexibility index (Phi) is 3.26. The molecule has 0 bridgehead atoms. The second kappa shape index (κ2) is 4.57. The minimum absolute atomic E-state index is 0.0345. The number of hydrogen-bond acceptors (Lipinski definition) is 3. The highest BCUT2D eigenvalue weighted by atomic mass is 19.1. The van der Waals surface area contributed by atoms with Gasteiger partial charge in [0, 0.05) is 18.8 Å². The fraction of sp³-hybridized carbons (Fsp3) is 0.462. The molecule has 1 aromatic rings. The molecule has 4 nitrogen and oxygen atoms in total. The van der Waals surface area contributed by atoms with Gasteiger partial charge >= 0.3 is 0 Å². The van der Waals surface area contributed by atoms with Gasteiger partial charge in [0.25, 0.3) is 5.91 Å². The SMILES string of the molecule is CC1(O)CCCN(C(=O)c2cc(N)ccc2F)C1. The normalized spacial score (nSPS) is 24.1. The highest BCUT2D eigenvalue weighted by Gasteiger charge is 2.32. The Morgan fingerprint density at radius 3 is 2.94 bits per heavy atom. The van der Waals surface area contributed by atoms with Crippen molar-refractivity contribution in [3.05, 3.63) is 29.6 Å². The maximum absolute atomic E-state index is 13.6. The van der Waals surface area contributed by atoms with Crippen LogP contribution in [0, 0.1) is 5.82 Å². The molecule has 1 atom stereocenters. The van der Waals surface area contributed by atoms with Crippen molar-refractivity contribution in [1.82, 2.24) is 4.90 Å². The summed E-state index contributed by atoms with van der Waals surface area (Å²) in [6.45, 7) is 2.44. The first kappa shape index (κ1) is 12.8. The first-order chi connectivity index (χ1) is 8.39. The number of aliphatic hydroxyl groups is 1. The van der Waals surface area contributed by atoms with Crippen molar-refractivity contribution in [2.24, 2.45) is 0 Å². The van der Waals surface area contributed by atoms with Crippen LogP contribution in [0.25, 0.3) is 0 Å². The highest BCUT2D eigenvalue weighted by molar-refractivity contribution is 5.95. The van der Waals surface area contributed by atoms with Gasteiger partial charge < -0.3 is 15.7 Å². The van der Waals surface area contributed by atoms with Gasteiger partial charge in [-0.1, -0.05) is 0 Å². The summed E-state index contributed by atoms with van der Waals surface area (Å²) in [5.41, 5.74) is 4.98. The topological polar surface area (TPSA) is 66.6 Å². The molecular weight excluding hydrogens is 235 g/mol. The van der Waals surface area contributed by atoms with Crippen LogP contribution in [-0.2, 0) is 0 Å². The van der Waals surface area contributed by atoms with Gasteiger partial charge in [-0.2, -0.15) is 0 Å². The van der Waals surface area contributed by atoms with Gasteiger partial charge in [0.15, 0.2) is 0 Å². The van der Waals surface area contributed by atoms with Gasteiger partial charge in [-0.05, 0) is 38.0 Å². The number of benzene rings is 1. The van der Waals surface area contributed by atoms with Gasteiger partial charge in [-0.15, -0.1) is 0 Å². The molecule has 1 aliphatic rings. The molecule has 1 amide bonds. The van der Waals surface area contributed by atoms with Crippen LogP contribution in [0.5, 0.6) is 0 Å². The third-order valence-corrected chi connectivity index (χ3v) is 3.18. The Balaban J connectivity index is 2.23. The van der Waals surface area contributed by atoms with Crippen LogP contribution in [0.4, 0.5) is 10.1 Å². The lowest BCUT2D eigenvalue weighted by molar-refractivity contribution is -0.0109. The Hall–Kier alpha value is -1.62. The molecule has 0 spiro atoms. The van der Waals surface area contributed by atoms with Crippen LogP contribution >= 0.6 is 0 Å². The summed E-state index contributed by atoms with van der Waals surface area (Å²) >= 11 is 0. The number of anilines is 1. The van der Waals surface area contributed by atoms with E-state index < -0.39 is 17.3 Å². The monoisotopic (exact) mass is 252 g/mol. The van der Waals surface area contributed by atoms with Crippen molar-refractivity contribution in [1.29, 1.82) is 0 Å². The standard InChI is InChI=1S/C13H17FN2O2/c1-13(18)5-2-6-16(8-13)12(17)10-7-9(15)3-4-11(10)14/h3-4,7,18H,2,5-6,8,15H2,1H3. The summed E-state index contributed by atoms with van der Waals surface area (Å²) in [6, 6.07) is 3.93. The number of nitrogens with two attached hydrogens (primary N) is 1. The first-order valence-corrected chi connectivity index (χ1v) is 5.96. The van der Waals surface area contributed by atoms with Gasteiger partial charge in [0.1, 0.15) is 5.82 Å². The Labute approximate surface area is 105 Å². The number of piperidine rings is 1. The van der Waals surface area contributed by atoms with E-state index in [-0.39, 0.29) is 12.1 Å². The lowest BCUT2D eigenvalue weighted by atomic mass is 9.94. The average molecular weight is 252 g/mol. The Morgan fingerprint density at radius 1 is 1.56 bits per heavy atom. The lowest BCUT2D eigenvalue weighted by Crippen LogP contribution is -2.48. The van der Waals surface area contributed by atoms with Crippen molar-refractivity contribution >= 4 is 11.6 Å². The summed E-state index contributed by atoms with van der Waals surface area (Å²) in [6.07, 6.45) is 1.36. The molecule has 0 radical (unpaired) electrons. The molecule has 0 aliphatic carbocycles. The van der Waals surface area contributed by atoms with Crippen molar-refractivity contribution in [3.8, 4) is 0 Å². The number of hydrogen-bond donors (Lipinski definition) is 2. The van der Waals surface area contributed by atoms with Crippen LogP contribution < -0.4 is 5.73 Å². The number of halogens is 1. The van der Waals surface area contributed by atoms with Crippen molar-refractivity contribution in [2.75, 3.05) is 18.8 Å². The third-order valence-electron chi connectivity index (χ3n) is 3.18. The largest absolute Gasteiger partial charge is 0.399 e. The minimum atomic E-state index is -0.898. The molecule has 0 saturated carbocycles. The number of nitrogen functional groups attached to an aromatic ring is 1. The average Bonchev–Trinajstić information content (AvgIpc) is 2.30. The number of nitrogens with zero attached hydrogens (tertiary/aromatic N) is 1. The Bertz CT molecular complexity index is 474. The molecule has 1 aliphatic heterocycles. The summed E-state index contributed by atoms with van der Waals surface area (Å²) < 4.78 is 13.6. The number of rotatable bonds is 1. The van der Waals surface area contributed by atoms with E-state index in [4.69, 9.17) is 5.73 Å². The summed E-state index contributed by atoms with van der Waals surface area (Å²) in [5.74, 6) is -1.00. The molecular formula is C13H17FN2O2. The van der Waals surface area contributed by atoms with Crippen LogP contribution in [-0.4, -0.2) is 34.6 Å². The van der Waals surface area contributed by atoms with Crippen molar-refractivity contribution in [2.45, 2.75) is 25.4 Å². The van der Waals surface area contributed by atoms with Gasteiger partial charge in [-0.25, -0.2) is 4.39 Å². The molecule has 1 heterocycles. The zero-order valence-electron chi connectivity index (χ0n) is 10.3. The number of carbonyl (C=O) groups excluding carboxylic acids is 1. The van der Waals surface area contributed by atoms with E-state index in [9.17, 15) is 14.3 Å². The lowest BCUT2D eigenvalue weighted by Gasteiger charge is -2.36. The first-order valence-electron chi connectivity index (χ1n) is 5.96. The molecule has 5 heteroatoms. The number of β-amino-alcohol motifs (C(OH)–C–C–N with tert-alkyl or cyclic N) is 1. The van der Waals surface area contributed by atoms with Crippen LogP contribution in [0.1, 0.15) is 30.1 Å². The highest BCUT2D eigenvalue weighted by Crippen LogP contribution is 2.23. The zero-order chi connectivity index (χ0) is 13.3. The predicted octanol–water partition coefficient (Wildman–Crippen LogP) is 1.39. The van der Waals surface area contributed by atoms with Gasteiger partial charge in [0.2, 0.25) is 0 Å². The Morgan fingerprint density at radius 2 is 2.28 bits per heavy atom. The predicted molar refractivity (Wildman–Crippen MR) is 66.6 cm³/mol. The molecule has 98 valence electrons. The van der Waals surface area contributed by atoms with Crippen molar-refractivity contribution < 1.29 is 14.3 Å². The van der Waals surface area contributed by atoms with Crippen molar-refractivity contribution in [3.63, 3.8) is 0 Å². The summed E-state index contributed by atoms with van der Waals surface area (Å²) in [5, 5.41) is 9.95. The zero-order valence-corrected chi connectivity index (χ0v) is 10.3. The second-order valence-corrected chi connectivity index (χ2v) is 5.07. The molecule has 2 rings (SSSR count). The molecule has 1 aromatic carbocycles. The van der Waals surface area contributed by atoms with Crippen LogP contribution in [0.2, 0.25) is 0 Å². The van der Waals surface area contributed by atoms with Crippen LogP contribution in [0.15, 0.2) is 18.2 Å². The smallest absolute Gasteiger partial charge is 0.257 e. The summed E-state index contributed by atoms with van der Waals surface area (Å²) in [7, 11) is 0. The van der Waals surface area contributed by atoms with E-state index in [0.717, 1.165) is 0 Å². The molecule has 1 saturated heterocycles. The molecule has 3 N–H and O–H groups in total. The minimum Gasteiger partial charge on any atom is -0.399 e. The van der Waals surface area contributed by atoms with E-state index in [0.29, 0.717) is 25.1 Å². The number of carbonyl (C=O) groups is 1. The van der Waals surface area contributed by atoms with E-state index in [2.05, 4.69) is 0 Å². The van der Waals surface area contributed by atoms with E-state index in [1.54, 1.807) is 6.92 Å². The maximum atomic E-state index is 13.6. The number of likely N-dealkylation sites (tertiary alicyclic amines) is 1. The number of amides is 1. The van der Waals surface area contributed by atoms with Crippen LogP contribution in [0.3, 0.4) is 0 Å². The van der Waals surface area contributed by atoms with E-state index >= 15 is 0 Å². The molecule has 18 heavy (non-hydrogen) atoms. The quantitative estimate of drug-likeness (QED) is 0.742. The fourth-order valence-electron chi connectivity index (χ4n) is 2.27. The molecule has 0 aromatic heterocycles. The van der Waals surface area contributed by atoms with E-state index in [1.807, 2.05) is 0 Å². The second-order valence-electron chi connectivity index (χ2n) is 5.07. The van der Waals surface area contributed by atoms with Gasteiger partial charge in [0.05, 0.1) is 11.2 Å². The maximum Gasteiger partial charge on any atom is 0.257 e. The fourth-order valence-corrected chi connectivity index (χ4v) is 2.27. The third kappa shape index (κ3) is 2.61.